The third-order valence-corrected chi connectivity index (χ3v) is 15.6. The summed E-state index contributed by atoms with van der Waals surface area (Å²) in [5, 5.41) is 19.0. The molecule has 7 atom stereocenters. The monoisotopic (exact) mass is 738 g/mol. The number of aliphatic carboxylic acids is 1. The van der Waals surface area contributed by atoms with Crippen molar-refractivity contribution in [1.29, 1.82) is 0 Å². The second kappa shape index (κ2) is 20.0. The summed E-state index contributed by atoms with van der Waals surface area (Å²) in [6.45, 7) is 0.879. The van der Waals surface area contributed by atoms with Crippen molar-refractivity contribution >= 4 is 23.0 Å². The number of carbonyl (C=O) groups excluding carboxylic acids is 1. The van der Waals surface area contributed by atoms with Crippen LogP contribution in [0.25, 0.3) is 0 Å². The smallest absolute Gasteiger partial charge is 0.310 e. The fraction of sp³-hybridized carbons (Fsp3) is 0.950. The largest absolute Gasteiger partial charge is 0.481 e. The summed E-state index contributed by atoms with van der Waals surface area (Å²) in [5.74, 6) is 0.765. The van der Waals surface area contributed by atoms with Crippen molar-refractivity contribution in [2.24, 2.45) is 47.3 Å². The van der Waals surface area contributed by atoms with E-state index in [4.69, 9.17) is 24.0 Å². The molecule has 0 aromatic heterocycles. The molecule has 0 aromatic carbocycles. The lowest BCUT2D eigenvalue weighted by Gasteiger charge is -2.40. The molecule has 0 spiro atoms. The quantitative estimate of drug-likeness (QED) is 0.101. The van der Waals surface area contributed by atoms with Crippen LogP contribution in [0.3, 0.4) is 0 Å². The van der Waals surface area contributed by atoms with E-state index in [1.165, 1.54) is 70.6 Å². The van der Waals surface area contributed by atoms with E-state index in [2.05, 4.69) is 4.89 Å². The van der Waals surface area contributed by atoms with Crippen LogP contribution in [-0.2, 0) is 44.3 Å². The Morgan fingerprint density at radius 1 is 0.569 bits per heavy atom. The summed E-state index contributed by atoms with van der Waals surface area (Å²) >= 11 is -1.41. The van der Waals surface area contributed by atoms with Gasteiger partial charge in [-0.15, -0.1) is 0 Å². The van der Waals surface area contributed by atoms with Crippen LogP contribution in [0, 0.1) is 47.3 Å². The molecule has 0 amide bonds. The molecule has 6 rings (SSSR count). The highest BCUT2D eigenvalue weighted by Gasteiger charge is 2.43. The average Bonchev–Trinajstić information content (AvgIpc) is 3.17. The molecule has 51 heavy (non-hydrogen) atoms. The first kappa shape index (κ1) is 39.6. The lowest BCUT2D eigenvalue weighted by molar-refractivity contribution is -0.340. The van der Waals surface area contributed by atoms with E-state index in [0.29, 0.717) is 75.4 Å². The highest BCUT2D eigenvalue weighted by atomic mass is 32.2. The Morgan fingerprint density at radius 2 is 1.16 bits per heavy atom. The van der Waals surface area contributed by atoms with Crippen LogP contribution in [0.2, 0.25) is 0 Å². The van der Waals surface area contributed by atoms with Crippen LogP contribution in [0.4, 0.5) is 0 Å². The molecule has 10 nitrogen and oxygen atoms in total. The molecule has 6 aliphatic carbocycles. The molecule has 0 saturated heterocycles. The number of hydrogen-bond donors (Lipinski definition) is 2. The van der Waals surface area contributed by atoms with Gasteiger partial charge in [-0.2, -0.15) is 0 Å². The van der Waals surface area contributed by atoms with Crippen LogP contribution < -0.4 is 0 Å². The third kappa shape index (κ3) is 11.2. The summed E-state index contributed by atoms with van der Waals surface area (Å²) in [4.78, 5) is 41.8. The number of carbonyl (C=O) groups is 2. The lowest BCUT2D eigenvalue weighted by atomic mass is 9.67. The molecule has 2 N–H and O–H groups in total. The van der Waals surface area contributed by atoms with Crippen LogP contribution in [0.5, 0.6) is 0 Å². The molecule has 6 fully saturated rings. The topological polar surface area (TPSA) is 138 Å². The van der Waals surface area contributed by atoms with E-state index in [9.17, 15) is 18.9 Å². The maximum atomic E-state index is 13.4. The highest BCUT2D eigenvalue weighted by molar-refractivity contribution is 7.80. The van der Waals surface area contributed by atoms with Gasteiger partial charge in [0.1, 0.15) is 6.10 Å². The van der Waals surface area contributed by atoms with Crippen molar-refractivity contribution in [2.45, 2.75) is 178 Å². The minimum atomic E-state index is -1.41. The third-order valence-electron chi connectivity index (χ3n) is 14.1. The second-order valence-electron chi connectivity index (χ2n) is 17.3. The van der Waals surface area contributed by atoms with E-state index in [1.54, 1.807) is 0 Å². The van der Waals surface area contributed by atoms with Crippen molar-refractivity contribution < 1.29 is 47.7 Å². The molecule has 6 aliphatic rings. The molecule has 0 heterocycles. The van der Waals surface area contributed by atoms with Crippen molar-refractivity contribution in [3.8, 4) is 0 Å². The Bertz CT molecular complexity index is 1090. The van der Waals surface area contributed by atoms with Gasteiger partial charge in [-0.1, -0.05) is 64.2 Å². The van der Waals surface area contributed by atoms with Gasteiger partial charge in [0.2, 0.25) is 0 Å². The van der Waals surface area contributed by atoms with Crippen molar-refractivity contribution in [1.82, 2.24) is 0 Å². The molecule has 0 radical (unpaired) electrons. The lowest BCUT2D eigenvalue weighted by Crippen LogP contribution is -2.40. The van der Waals surface area contributed by atoms with E-state index in [1.807, 2.05) is 0 Å². The maximum Gasteiger partial charge on any atom is 0.310 e. The summed E-state index contributed by atoms with van der Waals surface area (Å²) in [6.07, 6.45) is 23.8. The highest BCUT2D eigenvalue weighted by Crippen LogP contribution is 2.45. The molecule has 6 saturated carbocycles. The standard InChI is InChI=1S/C40H66O10S/c41-39(42)37-22-13-30(28-9-5-2-6-10-28)24-38(37)40(43)48-33-18-20-36(21-19-33)51(45)50-35-16-14-34(15-17-35)49-47-26-32-23-29(11-12-31(32)25-46-44)27-7-3-1-4-8-27/h27-38,44H,1-26H2,(H,41,42). The molecular weight excluding hydrogens is 672 g/mol. The first-order valence-electron chi connectivity index (χ1n) is 20.9. The number of ether oxygens (including phenoxy) is 1. The number of carboxylic acids is 1. The van der Waals surface area contributed by atoms with Crippen molar-refractivity contribution in [3.05, 3.63) is 0 Å². The van der Waals surface area contributed by atoms with Crippen LogP contribution in [0.15, 0.2) is 0 Å². The van der Waals surface area contributed by atoms with Gasteiger partial charge in [-0.3, -0.25) is 19.0 Å². The predicted octanol–water partition coefficient (Wildman–Crippen LogP) is 8.58. The van der Waals surface area contributed by atoms with Gasteiger partial charge in [0.05, 0.1) is 42.5 Å². The van der Waals surface area contributed by atoms with E-state index in [-0.39, 0.29) is 29.5 Å². The van der Waals surface area contributed by atoms with Gasteiger partial charge in [0.15, 0.2) is 11.1 Å². The fourth-order valence-corrected chi connectivity index (χ4v) is 12.2. The molecular formula is C40H66O10S. The number of carboxylic acid groups (broad SMARTS) is 1. The van der Waals surface area contributed by atoms with Crippen LogP contribution >= 0.6 is 0 Å². The van der Waals surface area contributed by atoms with Gasteiger partial charge in [-0.25, -0.2) is 18.9 Å². The Kier molecular flexibility index (Phi) is 15.5. The second-order valence-corrected chi connectivity index (χ2v) is 18.7. The van der Waals surface area contributed by atoms with Gasteiger partial charge in [0, 0.05) is 0 Å². The Morgan fingerprint density at radius 3 is 1.78 bits per heavy atom. The molecule has 11 heteroatoms. The van der Waals surface area contributed by atoms with E-state index >= 15 is 0 Å². The molecule has 7 unspecified atom stereocenters. The van der Waals surface area contributed by atoms with E-state index < -0.39 is 28.9 Å². The fourth-order valence-electron chi connectivity index (χ4n) is 11.0. The first-order valence-corrected chi connectivity index (χ1v) is 22.1. The van der Waals surface area contributed by atoms with Crippen LogP contribution in [0.1, 0.15) is 154 Å². The molecule has 0 aliphatic heterocycles. The summed E-state index contributed by atoms with van der Waals surface area (Å²) in [6, 6.07) is 0. The van der Waals surface area contributed by atoms with Crippen molar-refractivity contribution in [3.63, 3.8) is 0 Å². The van der Waals surface area contributed by atoms with Crippen LogP contribution in [-0.4, -0.2) is 63.3 Å². The van der Waals surface area contributed by atoms with Gasteiger partial charge in [-0.05, 0) is 125 Å². The zero-order chi connectivity index (χ0) is 35.6. The SMILES string of the molecule is O=C(O)C1CCC(C2CCCCC2)CC1C(=O)OC1CCC(S(=O)OC2CCC(OOCC3CC(C4CCCCC4)CCC3COO)CC2)CC1. The summed E-state index contributed by atoms with van der Waals surface area (Å²) < 4.78 is 25.3. The average molecular weight is 739 g/mol. The van der Waals surface area contributed by atoms with Gasteiger partial charge >= 0.3 is 11.9 Å². The zero-order valence-corrected chi connectivity index (χ0v) is 31.7. The number of rotatable bonds is 14. The zero-order valence-electron chi connectivity index (χ0n) is 30.9. The minimum Gasteiger partial charge on any atom is -0.481 e. The normalized spacial score (nSPS) is 38.1. The summed E-state index contributed by atoms with van der Waals surface area (Å²) in [5.41, 5.74) is 0. The Hall–Kier alpha value is -1.11. The maximum absolute atomic E-state index is 13.4. The predicted molar refractivity (Wildman–Crippen MR) is 192 cm³/mol. The van der Waals surface area contributed by atoms with E-state index in [0.717, 1.165) is 56.8 Å². The molecule has 0 aromatic rings. The Balaban J connectivity index is 0.871. The number of hydrogen-bond acceptors (Lipinski definition) is 9. The van der Waals surface area contributed by atoms with Crippen molar-refractivity contribution in [2.75, 3.05) is 13.2 Å². The Labute approximate surface area is 308 Å². The van der Waals surface area contributed by atoms with Gasteiger partial charge < -0.3 is 9.84 Å². The van der Waals surface area contributed by atoms with Gasteiger partial charge in [0.25, 0.3) is 0 Å². The number of esters is 1. The minimum absolute atomic E-state index is 0.00322. The molecule has 0 bridgehead atoms. The first-order chi connectivity index (χ1) is 24.9. The molecule has 292 valence electrons. The summed E-state index contributed by atoms with van der Waals surface area (Å²) in [7, 11) is 0.